The fourth-order valence-electron chi connectivity index (χ4n) is 1.10. The molecule has 0 radical (unpaired) electrons. The Labute approximate surface area is 73.0 Å². The van der Waals surface area contributed by atoms with E-state index in [4.69, 9.17) is 10.5 Å². The summed E-state index contributed by atoms with van der Waals surface area (Å²) < 4.78 is 4.81. The van der Waals surface area contributed by atoms with E-state index in [1.807, 2.05) is 0 Å². The molecule has 0 aliphatic carbocycles. The molecular weight excluding hydrogens is 176 g/mol. The molecule has 13 heavy (non-hydrogen) atoms. The Balaban J connectivity index is 2.14. The molecule has 1 aromatic rings. The third-order valence-corrected chi connectivity index (χ3v) is 1.94. The van der Waals surface area contributed by atoms with Crippen molar-refractivity contribution in [1.29, 1.82) is 0 Å². The number of nitrogens with two attached hydrogens (primary N) is 1. The number of methoxy groups -OCH3 is 1. The summed E-state index contributed by atoms with van der Waals surface area (Å²) in [6.45, 7) is 0.238. The van der Waals surface area contributed by atoms with Crippen LogP contribution in [0.5, 0.6) is 0 Å². The van der Waals surface area contributed by atoms with Gasteiger partial charge in [-0.25, -0.2) is 0 Å². The van der Waals surface area contributed by atoms with Crippen LogP contribution in [0.25, 0.3) is 0 Å². The van der Waals surface area contributed by atoms with E-state index in [9.17, 15) is 4.79 Å². The van der Waals surface area contributed by atoms with Crippen LogP contribution in [0.3, 0.4) is 0 Å². The molecule has 2 heterocycles. The highest BCUT2D eigenvalue weighted by molar-refractivity contribution is 6.04. The van der Waals surface area contributed by atoms with Crippen molar-refractivity contribution in [3.05, 3.63) is 0 Å². The van der Waals surface area contributed by atoms with Gasteiger partial charge < -0.3 is 4.74 Å². The highest BCUT2D eigenvalue weighted by Crippen LogP contribution is 2.23. The summed E-state index contributed by atoms with van der Waals surface area (Å²) in [6, 6.07) is 0. The van der Waals surface area contributed by atoms with Crippen molar-refractivity contribution in [2.24, 2.45) is 5.73 Å². The van der Waals surface area contributed by atoms with Gasteiger partial charge in [-0.3, -0.25) is 15.4 Å². The molecule has 1 aliphatic rings. The Morgan fingerprint density at radius 2 is 2.54 bits per heavy atom. The van der Waals surface area contributed by atoms with E-state index in [2.05, 4.69) is 20.6 Å². The minimum atomic E-state index is -1.22. The summed E-state index contributed by atoms with van der Waals surface area (Å²) in [5, 5.41) is 12.8. The van der Waals surface area contributed by atoms with Crippen LogP contribution in [0.2, 0.25) is 0 Å². The topological polar surface area (TPSA) is 110 Å². The quantitative estimate of drug-likeness (QED) is 0.400. The van der Waals surface area contributed by atoms with E-state index in [0.717, 1.165) is 0 Å². The van der Waals surface area contributed by atoms with Crippen LogP contribution in [0.15, 0.2) is 0 Å². The molecule has 1 saturated heterocycles. The number of H-pyrrole nitrogens is 1. The van der Waals surface area contributed by atoms with E-state index in [1.165, 1.54) is 12.0 Å². The Kier molecular flexibility index (Phi) is 1.54. The van der Waals surface area contributed by atoms with Crippen LogP contribution in [-0.4, -0.2) is 45.9 Å². The van der Waals surface area contributed by atoms with Gasteiger partial charge in [0.05, 0.1) is 6.54 Å². The number of carbonyl (C=O) groups is 1. The number of hydrogen-bond donors (Lipinski definition) is 2. The molecule has 1 aromatic heterocycles. The Hall–Kier alpha value is -1.54. The highest BCUT2D eigenvalue weighted by atomic mass is 16.5. The van der Waals surface area contributed by atoms with Crippen molar-refractivity contribution in [1.82, 2.24) is 20.6 Å². The first-order valence-corrected chi connectivity index (χ1v) is 3.57. The Bertz CT molecular complexity index is 324. The van der Waals surface area contributed by atoms with E-state index >= 15 is 0 Å². The Morgan fingerprint density at radius 3 is 3.00 bits per heavy atom. The van der Waals surface area contributed by atoms with Gasteiger partial charge in [0, 0.05) is 7.11 Å². The van der Waals surface area contributed by atoms with Gasteiger partial charge in [0.2, 0.25) is 5.72 Å². The van der Waals surface area contributed by atoms with Crippen molar-refractivity contribution in [3.63, 3.8) is 0 Å². The van der Waals surface area contributed by atoms with Crippen molar-refractivity contribution in [3.8, 4) is 0 Å². The van der Waals surface area contributed by atoms with Crippen LogP contribution in [0, 0.1) is 0 Å². The summed E-state index contributed by atoms with van der Waals surface area (Å²) in [7, 11) is 1.38. The molecule has 2 rings (SSSR count). The maximum Gasteiger partial charge on any atom is 0.278 e. The predicted octanol–water partition coefficient (Wildman–Crippen LogP) is -2.15. The van der Waals surface area contributed by atoms with Crippen molar-refractivity contribution in [2.75, 3.05) is 18.6 Å². The van der Waals surface area contributed by atoms with Gasteiger partial charge in [0.25, 0.3) is 11.9 Å². The maximum atomic E-state index is 11.4. The molecule has 0 aromatic carbocycles. The van der Waals surface area contributed by atoms with Gasteiger partial charge >= 0.3 is 0 Å². The van der Waals surface area contributed by atoms with Gasteiger partial charge in [-0.2, -0.15) is 5.21 Å². The summed E-state index contributed by atoms with van der Waals surface area (Å²) in [4.78, 5) is 12.7. The maximum absolute atomic E-state index is 11.4. The zero-order chi connectivity index (χ0) is 9.47. The average Bonchev–Trinajstić information content (AvgIpc) is 2.65. The molecule has 70 valence electrons. The first kappa shape index (κ1) is 8.08. The number of rotatable bonds is 2. The first-order chi connectivity index (χ1) is 6.17. The third kappa shape index (κ3) is 0.993. The summed E-state index contributed by atoms with van der Waals surface area (Å²) in [5.41, 5.74) is 4.32. The lowest BCUT2D eigenvalue weighted by Crippen LogP contribution is -2.73. The van der Waals surface area contributed by atoms with E-state index in [0.29, 0.717) is 0 Å². The number of tetrazole rings is 1. The van der Waals surface area contributed by atoms with Gasteiger partial charge in [-0.1, -0.05) is 5.10 Å². The molecule has 1 aliphatic heterocycles. The number of nitrogens with zero attached hydrogens (tertiary/aromatic N) is 4. The second-order valence-electron chi connectivity index (χ2n) is 2.70. The van der Waals surface area contributed by atoms with Crippen molar-refractivity contribution >= 4 is 11.9 Å². The summed E-state index contributed by atoms with van der Waals surface area (Å²) >= 11 is 0. The monoisotopic (exact) mass is 184 g/mol. The number of aromatic amines is 1. The molecule has 8 heteroatoms. The molecule has 8 nitrogen and oxygen atoms in total. The number of nitrogens with one attached hydrogen (secondary N) is 1. The normalized spacial score (nSPS) is 27.5. The molecule has 0 bridgehead atoms. The molecule has 1 atom stereocenters. The van der Waals surface area contributed by atoms with Gasteiger partial charge in [0.15, 0.2) is 0 Å². The molecule has 0 saturated carbocycles. The smallest absolute Gasteiger partial charge is 0.278 e. The third-order valence-electron chi connectivity index (χ3n) is 1.94. The summed E-state index contributed by atoms with van der Waals surface area (Å²) in [6.07, 6.45) is 0. The van der Waals surface area contributed by atoms with Crippen LogP contribution in [0.1, 0.15) is 0 Å². The number of anilines is 1. The molecule has 1 amide bonds. The number of β-lactam (4-membered cyclic amide) rings is 1. The van der Waals surface area contributed by atoms with Crippen molar-refractivity contribution in [2.45, 2.75) is 5.72 Å². The minimum Gasteiger partial charge on any atom is -0.354 e. The molecule has 0 spiro atoms. The second-order valence-corrected chi connectivity index (χ2v) is 2.70. The van der Waals surface area contributed by atoms with Crippen LogP contribution in [0.4, 0.5) is 5.95 Å². The first-order valence-electron chi connectivity index (χ1n) is 3.57. The second kappa shape index (κ2) is 2.47. The summed E-state index contributed by atoms with van der Waals surface area (Å²) in [5.74, 6) is -0.153. The van der Waals surface area contributed by atoms with Gasteiger partial charge in [-0.05, 0) is 5.21 Å². The predicted molar refractivity (Wildman–Crippen MR) is 40.5 cm³/mol. The lowest BCUT2D eigenvalue weighted by molar-refractivity contribution is -0.149. The SMILES string of the molecule is COC1(N)CN(c2nn[nH]n2)C1=O. The molecular formula is C5H8N6O2. The lowest BCUT2D eigenvalue weighted by Gasteiger charge is -2.42. The Morgan fingerprint density at radius 1 is 1.77 bits per heavy atom. The largest absolute Gasteiger partial charge is 0.354 e. The number of ether oxygens (including phenoxy) is 1. The number of amides is 1. The average molecular weight is 184 g/mol. The van der Waals surface area contributed by atoms with E-state index in [1.54, 1.807) is 0 Å². The van der Waals surface area contributed by atoms with Crippen LogP contribution in [-0.2, 0) is 9.53 Å². The van der Waals surface area contributed by atoms with E-state index < -0.39 is 5.72 Å². The fraction of sp³-hybridized carbons (Fsp3) is 0.600. The lowest BCUT2D eigenvalue weighted by atomic mass is 10.1. The molecule has 1 unspecified atom stereocenters. The van der Waals surface area contributed by atoms with E-state index in [-0.39, 0.29) is 18.4 Å². The van der Waals surface area contributed by atoms with Crippen LogP contribution >= 0.6 is 0 Å². The van der Waals surface area contributed by atoms with Crippen molar-refractivity contribution < 1.29 is 9.53 Å². The number of carbonyl (C=O) groups excluding carboxylic acids is 1. The fourth-order valence-corrected chi connectivity index (χ4v) is 1.10. The number of hydrogen-bond acceptors (Lipinski definition) is 6. The van der Waals surface area contributed by atoms with Gasteiger partial charge in [-0.15, -0.1) is 5.10 Å². The zero-order valence-electron chi connectivity index (χ0n) is 6.89. The zero-order valence-corrected chi connectivity index (χ0v) is 6.89. The molecule has 3 N–H and O–H groups in total. The van der Waals surface area contributed by atoms with Gasteiger partial charge in [0.1, 0.15) is 0 Å². The van der Waals surface area contributed by atoms with Crippen LogP contribution < -0.4 is 10.6 Å². The highest BCUT2D eigenvalue weighted by Gasteiger charge is 2.52. The minimum absolute atomic E-state index is 0.211. The number of aromatic nitrogens is 4. The molecule has 1 fully saturated rings. The standard InChI is InChI=1S/C5H8N6O2/c1-13-5(6)2-11(3(5)12)4-7-9-10-8-4/h2,6H2,1H3,(H,7,8,9,10).